The predicted octanol–water partition coefficient (Wildman–Crippen LogP) is 1.44. The first-order valence-electron chi connectivity index (χ1n) is 6.31. The Labute approximate surface area is 113 Å². The number of carbonyl (C=O) groups is 1. The first kappa shape index (κ1) is 14.0. The molecular formula is C13H17NO4S. The highest BCUT2D eigenvalue weighted by Gasteiger charge is 2.25. The van der Waals surface area contributed by atoms with Crippen molar-refractivity contribution in [2.45, 2.75) is 24.2 Å². The number of hydrogen-bond donors (Lipinski definition) is 0. The first-order valence-corrected chi connectivity index (χ1v) is 7.75. The molecule has 1 aliphatic heterocycles. The molecule has 1 fully saturated rings. The molecule has 0 spiro atoms. The van der Waals surface area contributed by atoms with Crippen LogP contribution in [0.1, 0.15) is 19.3 Å². The van der Waals surface area contributed by atoms with E-state index in [9.17, 15) is 13.2 Å². The number of benzene rings is 1. The largest absolute Gasteiger partial charge is 0.486 e. The SMILES string of the molecule is O=CCOc1ccc(S(=O)(=O)N2CCCCC2)cc1. The molecule has 19 heavy (non-hydrogen) atoms. The molecule has 0 aromatic heterocycles. The van der Waals surface area contributed by atoms with Crippen molar-refractivity contribution >= 4 is 16.3 Å². The second-order valence-corrected chi connectivity index (χ2v) is 6.35. The fraction of sp³-hybridized carbons (Fsp3) is 0.462. The van der Waals surface area contributed by atoms with Gasteiger partial charge in [-0.1, -0.05) is 6.42 Å². The number of nitrogens with zero attached hydrogens (tertiary/aromatic N) is 1. The molecule has 0 bridgehead atoms. The van der Waals surface area contributed by atoms with Crippen LogP contribution in [-0.4, -0.2) is 38.7 Å². The Hall–Kier alpha value is -1.40. The van der Waals surface area contributed by atoms with Gasteiger partial charge in [-0.3, -0.25) is 4.79 Å². The van der Waals surface area contributed by atoms with E-state index in [-0.39, 0.29) is 11.5 Å². The Balaban J connectivity index is 2.13. The highest BCUT2D eigenvalue weighted by atomic mass is 32.2. The van der Waals surface area contributed by atoms with Gasteiger partial charge in [-0.25, -0.2) is 8.42 Å². The first-order chi connectivity index (χ1) is 9.14. The minimum absolute atomic E-state index is 0.0295. The zero-order chi connectivity index (χ0) is 13.7. The maximum absolute atomic E-state index is 12.3. The van der Waals surface area contributed by atoms with Gasteiger partial charge in [0.1, 0.15) is 12.4 Å². The molecule has 0 atom stereocenters. The zero-order valence-electron chi connectivity index (χ0n) is 10.6. The van der Waals surface area contributed by atoms with Crippen LogP contribution in [0.15, 0.2) is 29.2 Å². The molecule has 0 saturated carbocycles. The Morgan fingerprint density at radius 3 is 2.32 bits per heavy atom. The normalized spacial score (nSPS) is 17.1. The van der Waals surface area contributed by atoms with E-state index >= 15 is 0 Å². The molecule has 1 heterocycles. The van der Waals surface area contributed by atoms with Crippen LogP contribution in [0, 0.1) is 0 Å². The fourth-order valence-corrected chi connectivity index (χ4v) is 3.61. The van der Waals surface area contributed by atoms with Gasteiger partial charge in [0.05, 0.1) is 4.90 Å². The van der Waals surface area contributed by atoms with Crippen LogP contribution in [0.3, 0.4) is 0 Å². The third-order valence-electron chi connectivity index (χ3n) is 3.09. The van der Waals surface area contributed by atoms with Gasteiger partial charge in [-0.15, -0.1) is 0 Å². The molecule has 104 valence electrons. The van der Waals surface area contributed by atoms with Crippen molar-refractivity contribution < 1.29 is 17.9 Å². The summed E-state index contributed by atoms with van der Waals surface area (Å²) in [7, 11) is -3.39. The van der Waals surface area contributed by atoms with E-state index in [0.29, 0.717) is 25.1 Å². The quantitative estimate of drug-likeness (QED) is 0.767. The van der Waals surface area contributed by atoms with E-state index in [1.807, 2.05) is 0 Å². The molecule has 1 aliphatic rings. The standard InChI is InChI=1S/C13H17NO4S/c15-10-11-18-12-4-6-13(7-5-12)19(16,17)14-8-2-1-3-9-14/h4-7,10H,1-3,8-9,11H2. The lowest BCUT2D eigenvalue weighted by Gasteiger charge is -2.25. The van der Waals surface area contributed by atoms with Gasteiger partial charge < -0.3 is 4.74 Å². The average Bonchev–Trinajstić information content (AvgIpc) is 2.46. The molecule has 0 N–H and O–H groups in total. The average molecular weight is 283 g/mol. The Bertz CT molecular complexity index is 518. The highest BCUT2D eigenvalue weighted by Crippen LogP contribution is 2.22. The van der Waals surface area contributed by atoms with Gasteiger partial charge in [0.15, 0.2) is 6.29 Å². The van der Waals surface area contributed by atoms with Crippen molar-refractivity contribution in [1.82, 2.24) is 4.31 Å². The van der Waals surface area contributed by atoms with Crippen molar-refractivity contribution in [3.05, 3.63) is 24.3 Å². The molecule has 1 saturated heterocycles. The van der Waals surface area contributed by atoms with Crippen LogP contribution >= 0.6 is 0 Å². The van der Waals surface area contributed by atoms with Gasteiger partial charge in [0.25, 0.3) is 0 Å². The van der Waals surface area contributed by atoms with Crippen molar-refractivity contribution in [3.8, 4) is 5.75 Å². The van der Waals surface area contributed by atoms with E-state index in [1.165, 1.54) is 16.4 Å². The lowest BCUT2D eigenvalue weighted by molar-refractivity contribution is -0.109. The number of carbonyl (C=O) groups excluding carboxylic acids is 1. The van der Waals surface area contributed by atoms with E-state index in [0.717, 1.165) is 19.3 Å². The summed E-state index contributed by atoms with van der Waals surface area (Å²) in [5, 5.41) is 0. The number of aldehydes is 1. The Morgan fingerprint density at radius 1 is 1.11 bits per heavy atom. The van der Waals surface area contributed by atoms with Crippen molar-refractivity contribution in [2.24, 2.45) is 0 Å². The smallest absolute Gasteiger partial charge is 0.243 e. The molecular weight excluding hydrogens is 266 g/mol. The summed E-state index contributed by atoms with van der Waals surface area (Å²) in [5.74, 6) is 0.490. The van der Waals surface area contributed by atoms with Gasteiger partial charge in [0.2, 0.25) is 10.0 Å². The minimum atomic E-state index is -3.39. The summed E-state index contributed by atoms with van der Waals surface area (Å²) in [6, 6.07) is 6.18. The van der Waals surface area contributed by atoms with Crippen molar-refractivity contribution in [1.29, 1.82) is 0 Å². The lowest BCUT2D eigenvalue weighted by Crippen LogP contribution is -2.35. The molecule has 5 nitrogen and oxygen atoms in total. The highest BCUT2D eigenvalue weighted by molar-refractivity contribution is 7.89. The molecule has 1 aromatic carbocycles. The van der Waals surface area contributed by atoms with Crippen molar-refractivity contribution in [2.75, 3.05) is 19.7 Å². The number of hydrogen-bond acceptors (Lipinski definition) is 4. The maximum Gasteiger partial charge on any atom is 0.243 e. The molecule has 0 aliphatic carbocycles. The van der Waals surface area contributed by atoms with E-state index in [1.54, 1.807) is 12.1 Å². The van der Waals surface area contributed by atoms with Crippen LogP contribution in [0.5, 0.6) is 5.75 Å². The van der Waals surface area contributed by atoms with Crippen LogP contribution < -0.4 is 4.74 Å². The maximum atomic E-state index is 12.3. The second kappa shape index (κ2) is 6.16. The summed E-state index contributed by atoms with van der Waals surface area (Å²) in [6.45, 7) is 1.15. The topological polar surface area (TPSA) is 63.7 Å². The monoisotopic (exact) mass is 283 g/mol. The number of ether oxygens (including phenoxy) is 1. The molecule has 2 rings (SSSR count). The number of piperidine rings is 1. The van der Waals surface area contributed by atoms with Gasteiger partial charge in [-0.05, 0) is 37.1 Å². The molecule has 1 aromatic rings. The van der Waals surface area contributed by atoms with Gasteiger partial charge in [-0.2, -0.15) is 4.31 Å². The summed E-state index contributed by atoms with van der Waals surface area (Å²) < 4.78 is 31.3. The summed E-state index contributed by atoms with van der Waals surface area (Å²) in [6.07, 6.45) is 3.57. The van der Waals surface area contributed by atoms with E-state index < -0.39 is 10.0 Å². The van der Waals surface area contributed by atoms with Gasteiger partial charge >= 0.3 is 0 Å². The molecule has 0 unspecified atom stereocenters. The number of sulfonamides is 1. The fourth-order valence-electron chi connectivity index (χ4n) is 2.09. The van der Waals surface area contributed by atoms with Gasteiger partial charge in [0, 0.05) is 13.1 Å². The molecule has 0 radical (unpaired) electrons. The summed E-state index contributed by atoms with van der Waals surface area (Å²) >= 11 is 0. The summed E-state index contributed by atoms with van der Waals surface area (Å²) in [5.41, 5.74) is 0. The predicted molar refractivity (Wildman–Crippen MR) is 70.6 cm³/mol. The third-order valence-corrected chi connectivity index (χ3v) is 5.01. The summed E-state index contributed by atoms with van der Waals surface area (Å²) in [4.78, 5) is 10.5. The molecule has 0 amide bonds. The van der Waals surface area contributed by atoms with E-state index in [4.69, 9.17) is 4.74 Å². The van der Waals surface area contributed by atoms with Crippen LogP contribution in [0.2, 0.25) is 0 Å². The number of rotatable bonds is 5. The third kappa shape index (κ3) is 3.33. The van der Waals surface area contributed by atoms with Crippen LogP contribution in [0.4, 0.5) is 0 Å². The minimum Gasteiger partial charge on any atom is -0.486 e. The molecule has 6 heteroatoms. The van der Waals surface area contributed by atoms with E-state index in [2.05, 4.69) is 0 Å². The lowest BCUT2D eigenvalue weighted by atomic mass is 10.2. The van der Waals surface area contributed by atoms with Crippen LogP contribution in [0.25, 0.3) is 0 Å². The Kier molecular flexibility index (Phi) is 4.55. The zero-order valence-corrected chi connectivity index (χ0v) is 11.4. The van der Waals surface area contributed by atoms with Crippen molar-refractivity contribution in [3.63, 3.8) is 0 Å². The Morgan fingerprint density at radius 2 is 1.74 bits per heavy atom. The van der Waals surface area contributed by atoms with Crippen LogP contribution in [-0.2, 0) is 14.8 Å². The second-order valence-electron chi connectivity index (χ2n) is 4.41.